The third-order valence-electron chi connectivity index (χ3n) is 4.12. The Morgan fingerprint density at radius 3 is 2.68 bits per heavy atom. The first kappa shape index (κ1) is 12.6. The van der Waals surface area contributed by atoms with E-state index in [1.54, 1.807) is 6.20 Å². The van der Waals surface area contributed by atoms with E-state index in [-0.39, 0.29) is 5.97 Å². The highest BCUT2D eigenvalue weighted by molar-refractivity contribution is 5.90. The van der Waals surface area contributed by atoms with Crippen molar-refractivity contribution in [2.75, 3.05) is 6.61 Å². The van der Waals surface area contributed by atoms with Gasteiger partial charge in [-0.15, -0.1) is 0 Å². The number of aromatic nitrogens is 2. The largest absolute Gasteiger partial charge is 0.462 e. The standard InChI is InChI=1S/C15H20N2O2/c1-4-19-14(18)10-8-16-13(11-7-15(11,2)3)17-12(10)9-5-6-9/h8-9,11H,4-7H2,1-3H3. The van der Waals surface area contributed by atoms with Crippen LogP contribution in [-0.4, -0.2) is 22.5 Å². The molecule has 4 nitrogen and oxygen atoms in total. The summed E-state index contributed by atoms with van der Waals surface area (Å²) in [4.78, 5) is 21.0. The molecule has 19 heavy (non-hydrogen) atoms. The lowest BCUT2D eigenvalue weighted by Crippen LogP contribution is -2.12. The van der Waals surface area contributed by atoms with E-state index < -0.39 is 0 Å². The number of carbonyl (C=O) groups excluding carboxylic acids is 1. The predicted molar refractivity (Wildman–Crippen MR) is 71.1 cm³/mol. The molecular weight excluding hydrogens is 240 g/mol. The van der Waals surface area contributed by atoms with Gasteiger partial charge in [0.15, 0.2) is 0 Å². The van der Waals surface area contributed by atoms with Gasteiger partial charge in [-0.2, -0.15) is 0 Å². The van der Waals surface area contributed by atoms with Gasteiger partial charge in [0.1, 0.15) is 5.82 Å². The highest BCUT2D eigenvalue weighted by Gasteiger charge is 2.49. The minimum absolute atomic E-state index is 0.286. The molecule has 1 aromatic heterocycles. The fourth-order valence-corrected chi connectivity index (χ4v) is 2.52. The van der Waals surface area contributed by atoms with Crippen LogP contribution in [0.15, 0.2) is 6.20 Å². The Morgan fingerprint density at radius 1 is 1.47 bits per heavy atom. The average Bonchev–Trinajstić information content (AvgIpc) is 3.25. The van der Waals surface area contributed by atoms with Crippen LogP contribution in [0, 0.1) is 5.41 Å². The molecule has 0 aliphatic heterocycles. The molecule has 0 spiro atoms. The van der Waals surface area contributed by atoms with Crippen molar-refractivity contribution in [3.05, 3.63) is 23.3 Å². The Morgan fingerprint density at radius 2 is 2.16 bits per heavy atom. The van der Waals surface area contributed by atoms with Crippen molar-refractivity contribution < 1.29 is 9.53 Å². The summed E-state index contributed by atoms with van der Waals surface area (Å²) in [6.45, 7) is 6.67. The zero-order valence-corrected chi connectivity index (χ0v) is 11.8. The van der Waals surface area contributed by atoms with Crippen LogP contribution in [-0.2, 0) is 4.74 Å². The van der Waals surface area contributed by atoms with Crippen LogP contribution in [0.25, 0.3) is 0 Å². The van der Waals surface area contributed by atoms with E-state index in [0.717, 1.165) is 30.8 Å². The molecular formula is C15H20N2O2. The van der Waals surface area contributed by atoms with Crippen molar-refractivity contribution in [2.24, 2.45) is 5.41 Å². The Bertz CT molecular complexity index is 521. The van der Waals surface area contributed by atoms with E-state index in [0.29, 0.717) is 29.4 Å². The quantitative estimate of drug-likeness (QED) is 0.781. The van der Waals surface area contributed by atoms with Crippen LogP contribution in [0.3, 0.4) is 0 Å². The van der Waals surface area contributed by atoms with Crippen molar-refractivity contribution >= 4 is 5.97 Å². The average molecular weight is 260 g/mol. The number of ether oxygens (including phenoxy) is 1. The molecule has 1 heterocycles. The number of nitrogens with zero attached hydrogens (tertiary/aromatic N) is 2. The van der Waals surface area contributed by atoms with Gasteiger partial charge in [-0.1, -0.05) is 13.8 Å². The number of carbonyl (C=O) groups is 1. The van der Waals surface area contributed by atoms with Crippen molar-refractivity contribution in [1.29, 1.82) is 0 Å². The van der Waals surface area contributed by atoms with Gasteiger partial charge < -0.3 is 4.74 Å². The molecule has 2 aliphatic carbocycles. The third-order valence-corrected chi connectivity index (χ3v) is 4.12. The topological polar surface area (TPSA) is 52.1 Å². The molecule has 1 atom stereocenters. The monoisotopic (exact) mass is 260 g/mol. The van der Waals surface area contributed by atoms with Gasteiger partial charge in [0.2, 0.25) is 0 Å². The summed E-state index contributed by atoms with van der Waals surface area (Å²) in [6.07, 6.45) is 5.05. The van der Waals surface area contributed by atoms with Crippen LogP contribution in [0.2, 0.25) is 0 Å². The molecule has 2 saturated carbocycles. The molecule has 1 unspecified atom stereocenters. The lowest BCUT2D eigenvalue weighted by atomic mass is 10.1. The second-order valence-electron chi connectivity index (χ2n) is 6.27. The lowest BCUT2D eigenvalue weighted by Gasteiger charge is -2.09. The van der Waals surface area contributed by atoms with E-state index in [1.807, 2.05) is 6.92 Å². The molecule has 0 radical (unpaired) electrons. The number of hydrogen-bond acceptors (Lipinski definition) is 4. The summed E-state index contributed by atoms with van der Waals surface area (Å²) in [5, 5.41) is 0. The minimum atomic E-state index is -0.286. The van der Waals surface area contributed by atoms with E-state index in [4.69, 9.17) is 4.74 Å². The third kappa shape index (κ3) is 2.36. The summed E-state index contributed by atoms with van der Waals surface area (Å²) >= 11 is 0. The molecule has 1 aromatic rings. The lowest BCUT2D eigenvalue weighted by molar-refractivity contribution is 0.0523. The zero-order chi connectivity index (χ0) is 13.6. The molecule has 2 aliphatic rings. The second kappa shape index (κ2) is 4.29. The highest BCUT2D eigenvalue weighted by Crippen LogP contribution is 2.57. The molecule has 102 valence electrons. The number of rotatable bonds is 4. The van der Waals surface area contributed by atoms with E-state index in [1.165, 1.54) is 0 Å². The first-order valence-electron chi connectivity index (χ1n) is 7.07. The maximum atomic E-state index is 11.9. The molecule has 2 fully saturated rings. The smallest absolute Gasteiger partial charge is 0.341 e. The fourth-order valence-electron chi connectivity index (χ4n) is 2.52. The summed E-state index contributed by atoms with van der Waals surface area (Å²) in [5.74, 6) is 1.50. The van der Waals surface area contributed by atoms with Gasteiger partial charge in [-0.3, -0.25) is 0 Å². The van der Waals surface area contributed by atoms with Gasteiger partial charge in [0, 0.05) is 18.0 Å². The SMILES string of the molecule is CCOC(=O)c1cnc(C2CC2(C)C)nc1C1CC1. The normalized spacial score (nSPS) is 24.1. The molecule has 0 bridgehead atoms. The molecule has 0 amide bonds. The molecule has 0 N–H and O–H groups in total. The molecule has 0 saturated heterocycles. The fraction of sp³-hybridized carbons (Fsp3) is 0.667. The van der Waals surface area contributed by atoms with Crippen LogP contribution >= 0.6 is 0 Å². The van der Waals surface area contributed by atoms with E-state index >= 15 is 0 Å². The van der Waals surface area contributed by atoms with E-state index in [2.05, 4.69) is 23.8 Å². The van der Waals surface area contributed by atoms with Crippen LogP contribution in [0.4, 0.5) is 0 Å². The van der Waals surface area contributed by atoms with Crippen LogP contribution in [0.1, 0.15) is 73.7 Å². The van der Waals surface area contributed by atoms with Gasteiger partial charge in [-0.05, 0) is 31.6 Å². The summed E-state index contributed by atoms with van der Waals surface area (Å²) in [6, 6.07) is 0. The van der Waals surface area contributed by atoms with Crippen molar-refractivity contribution in [1.82, 2.24) is 9.97 Å². The Labute approximate surface area is 113 Å². The highest BCUT2D eigenvalue weighted by atomic mass is 16.5. The Kier molecular flexibility index (Phi) is 2.84. The van der Waals surface area contributed by atoms with Gasteiger partial charge in [0.25, 0.3) is 0 Å². The van der Waals surface area contributed by atoms with Gasteiger partial charge in [0.05, 0.1) is 17.9 Å². The first-order chi connectivity index (χ1) is 9.03. The summed E-state index contributed by atoms with van der Waals surface area (Å²) in [5.41, 5.74) is 1.78. The van der Waals surface area contributed by atoms with Gasteiger partial charge >= 0.3 is 5.97 Å². The molecule has 3 rings (SSSR count). The van der Waals surface area contributed by atoms with Crippen molar-refractivity contribution in [2.45, 2.75) is 51.9 Å². The predicted octanol–water partition coefficient (Wildman–Crippen LogP) is 3.04. The Balaban J connectivity index is 1.91. The zero-order valence-electron chi connectivity index (χ0n) is 11.8. The maximum Gasteiger partial charge on any atom is 0.341 e. The van der Waals surface area contributed by atoms with Gasteiger partial charge in [-0.25, -0.2) is 14.8 Å². The Hall–Kier alpha value is -1.45. The maximum absolute atomic E-state index is 11.9. The summed E-state index contributed by atoms with van der Waals surface area (Å²) < 4.78 is 5.08. The second-order valence-corrected chi connectivity index (χ2v) is 6.27. The molecule has 0 aromatic carbocycles. The van der Waals surface area contributed by atoms with Crippen LogP contribution in [0.5, 0.6) is 0 Å². The van der Waals surface area contributed by atoms with Crippen molar-refractivity contribution in [3.63, 3.8) is 0 Å². The van der Waals surface area contributed by atoms with Crippen molar-refractivity contribution in [3.8, 4) is 0 Å². The summed E-state index contributed by atoms with van der Waals surface area (Å²) in [7, 11) is 0. The molecule has 4 heteroatoms. The number of esters is 1. The number of hydrogen-bond donors (Lipinski definition) is 0. The van der Waals surface area contributed by atoms with E-state index in [9.17, 15) is 4.79 Å². The van der Waals surface area contributed by atoms with Crippen LogP contribution < -0.4 is 0 Å². The minimum Gasteiger partial charge on any atom is -0.462 e. The first-order valence-corrected chi connectivity index (χ1v) is 7.07.